The summed E-state index contributed by atoms with van der Waals surface area (Å²) in [6, 6.07) is 7.12. The fourth-order valence-corrected chi connectivity index (χ4v) is 3.67. The van der Waals surface area contributed by atoms with Gasteiger partial charge in [0, 0.05) is 10.5 Å². The SMILES string of the molecule is COC(=O)Cn1c(=NC(=O)c2cc(C)on2)sc2cc(Br)ccc21. The molecule has 0 unspecified atom stereocenters. The Kier molecular flexibility index (Phi) is 4.63. The van der Waals surface area contributed by atoms with Gasteiger partial charge in [-0.05, 0) is 25.1 Å². The molecule has 0 N–H and O–H groups in total. The number of benzene rings is 1. The quantitative estimate of drug-likeness (QED) is 0.620. The number of amides is 1. The Morgan fingerprint density at radius 3 is 2.88 bits per heavy atom. The van der Waals surface area contributed by atoms with Crippen LogP contribution in [0.5, 0.6) is 0 Å². The van der Waals surface area contributed by atoms with Crippen molar-refractivity contribution in [1.29, 1.82) is 0 Å². The molecule has 0 aliphatic rings. The lowest BCUT2D eigenvalue weighted by molar-refractivity contribution is -0.141. The second-order valence-corrected chi connectivity index (χ2v) is 6.82. The molecule has 0 aliphatic carbocycles. The first kappa shape index (κ1) is 16.6. The van der Waals surface area contributed by atoms with Crippen molar-refractivity contribution in [3.05, 3.63) is 45.0 Å². The number of methoxy groups -OCH3 is 1. The average molecular weight is 410 g/mol. The zero-order valence-corrected chi connectivity index (χ0v) is 15.2. The highest BCUT2D eigenvalue weighted by molar-refractivity contribution is 9.10. The number of thiazole rings is 1. The summed E-state index contributed by atoms with van der Waals surface area (Å²) in [5.41, 5.74) is 0.909. The van der Waals surface area contributed by atoms with E-state index >= 15 is 0 Å². The predicted molar refractivity (Wildman–Crippen MR) is 90.7 cm³/mol. The second kappa shape index (κ2) is 6.70. The van der Waals surface area contributed by atoms with Crippen molar-refractivity contribution in [2.45, 2.75) is 13.5 Å². The molecule has 0 atom stereocenters. The molecule has 0 fully saturated rings. The van der Waals surface area contributed by atoms with Crippen molar-refractivity contribution in [2.75, 3.05) is 7.11 Å². The summed E-state index contributed by atoms with van der Waals surface area (Å²) in [6.45, 7) is 1.65. The highest BCUT2D eigenvalue weighted by Crippen LogP contribution is 2.22. The standard InChI is InChI=1S/C15H12BrN3O4S/c1-8-5-10(18-23-8)14(21)17-15-19(7-13(20)22-2)11-4-3-9(16)6-12(11)24-15/h3-6H,7H2,1-2H3. The smallest absolute Gasteiger partial charge is 0.325 e. The zero-order valence-electron chi connectivity index (χ0n) is 12.8. The molecule has 3 aromatic rings. The third-order valence-corrected chi connectivity index (χ3v) is 4.74. The van der Waals surface area contributed by atoms with Gasteiger partial charge in [0.25, 0.3) is 0 Å². The molecule has 2 aromatic heterocycles. The number of halogens is 1. The van der Waals surface area contributed by atoms with E-state index in [2.05, 4.69) is 26.1 Å². The normalized spacial score (nSPS) is 11.9. The number of aromatic nitrogens is 2. The number of ether oxygens (including phenoxy) is 1. The lowest BCUT2D eigenvalue weighted by Gasteiger charge is -2.03. The summed E-state index contributed by atoms with van der Waals surface area (Å²) in [5, 5.41) is 3.66. The highest BCUT2D eigenvalue weighted by atomic mass is 79.9. The maximum absolute atomic E-state index is 12.3. The van der Waals surface area contributed by atoms with Gasteiger partial charge in [-0.2, -0.15) is 4.99 Å². The van der Waals surface area contributed by atoms with Crippen LogP contribution in [0.4, 0.5) is 0 Å². The van der Waals surface area contributed by atoms with Gasteiger partial charge in [-0.15, -0.1) is 0 Å². The minimum absolute atomic E-state index is 0.0396. The molecule has 124 valence electrons. The largest absolute Gasteiger partial charge is 0.468 e. The molecule has 0 saturated carbocycles. The van der Waals surface area contributed by atoms with Gasteiger partial charge in [0.15, 0.2) is 10.5 Å². The van der Waals surface area contributed by atoms with Crippen molar-refractivity contribution < 1.29 is 18.8 Å². The molecular weight excluding hydrogens is 398 g/mol. The van der Waals surface area contributed by atoms with E-state index in [0.29, 0.717) is 10.6 Å². The van der Waals surface area contributed by atoms with Gasteiger partial charge in [-0.3, -0.25) is 9.59 Å². The molecule has 9 heteroatoms. The third kappa shape index (κ3) is 3.31. The first-order valence-electron chi connectivity index (χ1n) is 6.86. The Bertz CT molecular complexity index is 1000. The van der Waals surface area contributed by atoms with Gasteiger partial charge in [0.05, 0.1) is 17.3 Å². The summed E-state index contributed by atoms with van der Waals surface area (Å²) in [6.07, 6.45) is 0. The molecule has 2 heterocycles. The average Bonchev–Trinajstić information content (AvgIpc) is 3.11. The molecule has 0 aliphatic heterocycles. The summed E-state index contributed by atoms with van der Waals surface area (Å²) in [7, 11) is 1.31. The van der Waals surface area contributed by atoms with Crippen LogP contribution in [0, 0.1) is 6.92 Å². The molecule has 1 amide bonds. The van der Waals surface area contributed by atoms with E-state index in [0.717, 1.165) is 14.7 Å². The first-order chi connectivity index (χ1) is 11.5. The fraction of sp³-hybridized carbons (Fsp3) is 0.200. The van der Waals surface area contributed by atoms with Crippen LogP contribution in [0.3, 0.4) is 0 Å². The number of esters is 1. The van der Waals surface area contributed by atoms with Gasteiger partial charge in [-0.1, -0.05) is 32.4 Å². The number of rotatable bonds is 3. The van der Waals surface area contributed by atoms with Crippen LogP contribution in [-0.2, 0) is 16.1 Å². The monoisotopic (exact) mass is 409 g/mol. The molecule has 0 radical (unpaired) electrons. The molecule has 0 saturated heterocycles. The lowest BCUT2D eigenvalue weighted by atomic mass is 10.3. The Morgan fingerprint density at radius 2 is 2.21 bits per heavy atom. The van der Waals surface area contributed by atoms with E-state index in [1.165, 1.54) is 24.5 Å². The van der Waals surface area contributed by atoms with Crippen LogP contribution in [0.25, 0.3) is 10.2 Å². The minimum Gasteiger partial charge on any atom is -0.468 e. The first-order valence-corrected chi connectivity index (χ1v) is 8.47. The van der Waals surface area contributed by atoms with Gasteiger partial charge < -0.3 is 13.8 Å². The lowest BCUT2D eigenvalue weighted by Crippen LogP contribution is -2.22. The number of aryl methyl sites for hydroxylation is 1. The third-order valence-electron chi connectivity index (χ3n) is 3.20. The highest BCUT2D eigenvalue weighted by Gasteiger charge is 2.14. The molecule has 3 rings (SSSR count). The molecule has 24 heavy (non-hydrogen) atoms. The van der Waals surface area contributed by atoms with Crippen molar-refractivity contribution in [1.82, 2.24) is 9.72 Å². The topological polar surface area (TPSA) is 86.7 Å². The van der Waals surface area contributed by atoms with Crippen molar-refractivity contribution in [3.8, 4) is 0 Å². The van der Waals surface area contributed by atoms with Gasteiger partial charge in [-0.25, -0.2) is 0 Å². The molecule has 0 bridgehead atoms. The van der Waals surface area contributed by atoms with Crippen molar-refractivity contribution in [3.63, 3.8) is 0 Å². The molecule has 7 nitrogen and oxygen atoms in total. The van der Waals surface area contributed by atoms with Crippen molar-refractivity contribution in [2.24, 2.45) is 4.99 Å². The Labute approximate surface area is 148 Å². The van der Waals surface area contributed by atoms with Gasteiger partial charge >= 0.3 is 11.9 Å². The van der Waals surface area contributed by atoms with E-state index in [1.807, 2.05) is 18.2 Å². The molecule has 1 aromatic carbocycles. The Balaban J connectivity index is 2.14. The number of nitrogens with zero attached hydrogens (tertiary/aromatic N) is 3. The van der Waals surface area contributed by atoms with Crippen LogP contribution in [0.1, 0.15) is 16.2 Å². The summed E-state index contributed by atoms with van der Waals surface area (Å²) in [5.74, 6) is -0.434. The Morgan fingerprint density at radius 1 is 1.42 bits per heavy atom. The van der Waals surface area contributed by atoms with E-state index in [-0.39, 0.29) is 12.2 Å². The van der Waals surface area contributed by atoms with E-state index in [1.54, 1.807) is 11.5 Å². The number of hydrogen-bond acceptors (Lipinski definition) is 6. The summed E-state index contributed by atoms with van der Waals surface area (Å²) < 4.78 is 13.0. The fourth-order valence-electron chi connectivity index (χ4n) is 2.09. The number of carbonyl (C=O) groups is 2. The number of fused-ring (bicyclic) bond motifs is 1. The van der Waals surface area contributed by atoms with Gasteiger partial charge in [0.2, 0.25) is 0 Å². The van der Waals surface area contributed by atoms with Crippen LogP contribution < -0.4 is 4.80 Å². The summed E-state index contributed by atoms with van der Waals surface area (Å²) >= 11 is 4.71. The van der Waals surface area contributed by atoms with Crippen LogP contribution in [0.15, 0.2) is 38.3 Å². The molecule has 0 spiro atoms. The predicted octanol–water partition coefficient (Wildman–Crippen LogP) is 2.68. The minimum atomic E-state index is -0.531. The molecular formula is C15H12BrN3O4S. The van der Waals surface area contributed by atoms with Gasteiger partial charge in [0.1, 0.15) is 12.3 Å². The van der Waals surface area contributed by atoms with E-state index < -0.39 is 11.9 Å². The maximum Gasteiger partial charge on any atom is 0.325 e. The van der Waals surface area contributed by atoms with E-state index in [9.17, 15) is 9.59 Å². The Hall–Kier alpha value is -2.26. The van der Waals surface area contributed by atoms with Crippen molar-refractivity contribution >= 4 is 49.4 Å². The zero-order chi connectivity index (χ0) is 17.3. The van der Waals surface area contributed by atoms with Crippen LogP contribution >= 0.6 is 27.3 Å². The van der Waals surface area contributed by atoms with E-state index in [4.69, 9.17) is 9.26 Å². The summed E-state index contributed by atoms with van der Waals surface area (Å²) in [4.78, 5) is 28.4. The van der Waals surface area contributed by atoms with Crippen LogP contribution in [-0.4, -0.2) is 28.7 Å². The second-order valence-electron chi connectivity index (χ2n) is 4.90. The van der Waals surface area contributed by atoms with Crippen LogP contribution in [0.2, 0.25) is 0 Å². The number of carbonyl (C=O) groups excluding carboxylic acids is 2. The number of hydrogen-bond donors (Lipinski definition) is 0. The maximum atomic E-state index is 12.3.